The van der Waals surface area contributed by atoms with E-state index in [2.05, 4.69) is 53.0 Å². The highest BCUT2D eigenvalue weighted by Crippen LogP contribution is 2.45. The third kappa shape index (κ3) is 9.38. The molecule has 0 unspecified atom stereocenters. The monoisotopic (exact) mass is 1150 g/mol. The van der Waals surface area contributed by atoms with Crippen LogP contribution < -0.4 is 91.7 Å². The standard InChI is InChI=1S/C18H20N6.C16H16N6O2.C14H16N6.C12H12N6/c1-5-9-11-7(3)12-10(6-2)16(20)24-18(22)14(12)8(4)13(11)17(21)23-15(9)19;1-5-9-7(3-23)13(17)21-15(19)11(9)6(2)12-10(5)8(4-24)14(18)22-16(12)20;1-5-7-3-9(15)19-13(17)11(7)6(2)12-8(5)4-10(16)20-14(12)18;13-9-2-5-1-6-3-10(14)18-12(16)8(6)4-7(5)11(15)17-9/h5-6H,1-2H2,3-4H3,(H4,19,21,23)(H4,20,22,24);3-4H,1-2H3,(H4,17,19,21)(H4,18,20,22);3-4H,1-2H3,(H4,15,17,19)(H4,16,18,20);1-4H,(H4,13,15,17)(H4,14,16,18). The number of aromatic nitrogens is 8. The van der Waals surface area contributed by atoms with Gasteiger partial charge in [0.15, 0.2) is 12.6 Å². The lowest BCUT2D eigenvalue weighted by molar-refractivity contribution is 0.111. The lowest BCUT2D eigenvalue weighted by Crippen LogP contribution is -2.08. The first-order valence-corrected chi connectivity index (χ1v) is 26.1. The highest BCUT2D eigenvalue weighted by Gasteiger charge is 2.24. The number of pyridine rings is 8. The lowest BCUT2D eigenvalue weighted by Gasteiger charge is -2.19. The Balaban J connectivity index is 0.000000138. The summed E-state index contributed by atoms with van der Waals surface area (Å²) in [7, 11) is 0. The van der Waals surface area contributed by atoms with Crippen LogP contribution in [0.3, 0.4) is 0 Å². The number of fused-ring (bicyclic) bond motifs is 8. The van der Waals surface area contributed by atoms with Crippen molar-refractivity contribution in [1.29, 1.82) is 0 Å². The van der Waals surface area contributed by atoms with Crippen LogP contribution >= 0.6 is 0 Å². The maximum Gasteiger partial charge on any atom is 0.154 e. The molecule has 12 aromatic rings. The van der Waals surface area contributed by atoms with Gasteiger partial charge in [0.05, 0.1) is 11.1 Å². The molecule has 32 N–H and O–H groups in total. The van der Waals surface area contributed by atoms with Crippen LogP contribution in [0.25, 0.3) is 98.3 Å². The molecule has 86 heavy (non-hydrogen) atoms. The van der Waals surface area contributed by atoms with Crippen molar-refractivity contribution in [2.75, 3.05) is 91.7 Å². The topological polar surface area (TPSA) is 554 Å². The Bertz CT molecular complexity index is 4540. The quantitative estimate of drug-likeness (QED) is 0.0611. The minimum Gasteiger partial charge on any atom is -0.384 e. The summed E-state index contributed by atoms with van der Waals surface area (Å²) >= 11 is 0. The molecule has 8 aromatic heterocycles. The van der Waals surface area contributed by atoms with E-state index < -0.39 is 0 Å². The Hall–Kier alpha value is -12.2. The van der Waals surface area contributed by atoms with Crippen molar-refractivity contribution < 1.29 is 9.59 Å². The minimum absolute atomic E-state index is 0.0273. The Morgan fingerprint density at radius 3 is 0.837 bits per heavy atom. The first-order valence-electron chi connectivity index (χ1n) is 26.1. The molecule has 436 valence electrons. The lowest BCUT2D eigenvalue weighted by atomic mass is 9.89. The maximum absolute atomic E-state index is 11.5. The average Bonchev–Trinajstić information content (AvgIpc) is 0.839. The number of hydrogen-bond donors (Lipinski definition) is 16. The summed E-state index contributed by atoms with van der Waals surface area (Å²) in [4.78, 5) is 56.0. The highest BCUT2D eigenvalue weighted by molar-refractivity contribution is 6.22. The second kappa shape index (κ2) is 21.6. The zero-order valence-corrected chi connectivity index (χ0v) is 47.8. The van der Waals surface area contributed by atoms with Crippen molar-refractivity contribution in [3.05, 3.63) is 105 Å². The number of nitrogen functional groups attached to an aromatic ring is 16. The SMILES string of the molecule is C=Cc1c(N)nc(N)c2c(C)c3c(N)nc(N)c(C=C)c3c(C)c12.Cc1c2c(N)nc(N)c(C=O)c2c(C)c2c(C=O)c(N)nc(N)c12.Cc1c2cc(N)nc(N)c2c(C)c2c(N)nc(N)cc12.Nc1cc2cc3cc(N)nc(N)c3cc2c(N)n1. The van der Waals surface area contributed by atoms with Crippen molar-refractivity contribution in [2.45, 2.75) is 41.5 Å². The van der Waals surface area contributed by atoms with Gasteiger partial charge in [0.1, 0.15) is 93.1 Å². The van der Waals surface area contributed by atoms with E-state index in [1.54, 1.807) is 38.1 Å². The molecule has 0 saturated carbocycles. The average molecular weight is 1150 g/mol. The van der Waals surface area contributed by atoms with Crippen LogP contribution in [0.5, 0.6) is 0 Å². The largest absolute Gasteiger partial charge is 0.384 e. The van der Waals surface area contributed by atoms with Gasteiger partial charge in [-0.25, -0.2) is 39.9 Å². The Kier molecular flexibility index (Phi) is 14.7. The summed E-state index contributed by atoms with van der Waals surface area (Å²) in [5.74, 6) is 4.92. The van der Waals surface area contributed by atoms with E-state index in [1.165, 1.54) is 0 Å². The second-order valence-electron chi connectivity index (χ2n) is 20.4. The summed E-state index contributed by atoms with van der Waals surface area (Å²) in [5, 5.41) is 12.6. The number of carbonyl (C=O) groups is 2. The van der Waals surface area contributed by atoms with Crippen LogP contribution in [0.1, 0.15) is 65.2 Å². The number of rotatable bonds is 4. The number of carbonyl (C=O) groups excluding carboxylic acids is 2. The Labute approximate surface area is 490 Å². The molecule has 26 heteroatoms. The molecule has 0 spiro atoms. The molecule has 8 heterocycles. The van der Waals surface area contributed by atoms with E-state index in [0.29, 0.717) is 115 Å². The predicted molar refractivity (Wildman–Crippen MR) is 358 cm³/mol. The molecule has 0 aliphatic carbocycles. The van der Waals surface area contributed by atoms with Crippen LogP contribution in [0.4, 0.5) is 93.1 Å². The van der Waals surface area contributed by atoms with Gasteiger partial charge in [-0.1, -0.05) is 25.3 Å². The molecule has 0 atom stereocenters. The fraction of sp³-hybridized carbons (Fsp3) is 0.100. The Morgan fingerprint density at radius 1 is 0.267 bits per heavy atom. The molecular formula is C60H64N24O2. The van der Waals surface area contributed by atoms with E-state index in [0.717, 1.165) is 98.0 Å². The summed E-state index contributed by atoms with van der Waals surface area (Å²) in [6, 6.07) is 10.9. The third-order valence-corrected chi connectivity index (χ3v) is 15.4. The molecule has 4 aromatic carbocycles. The van der Waals surface area contributed by atoms with E-state index >= 15 is 0 Å². The van der Waals surface area contributed by atoms with Crippen LogP contribution in [-0.2, 0) is 0 Å². The Morgan fingerprint density at radius 2 is 0.523 bits per heavy atom. The summed E-state index contributed by atoms with van der Waals surface area (Å²) < 4.78 is 0. The zero-order chi connectivity index (χ0) is 63.0. The molecular weight excluding hydrogens is 1090 g/mol. The van der Waals surface area contributed by atoms with Gasteiger partial charge in [-0.2, -0.15) is 0 Å². The van der Waals surface area contributed by atoms with E-state index in [-0.39, 0.29) is 34.4 Å². The van der Waals surface area contributed by atoms with Crippen molar-refractivity contribution in [3.63, 3.8) is 0 Å². The number of nitrogens with zero attached hydrogens (tertiary/aromatic N) is 8. The van der Waals surface area contributed by atoms with E-state index in [9.17, 15) is 9.59 Å². The molecule has 0 amide bonds. The van der Waals surface area contributed by atoms with Gasteiger partial charge in [-0.05, 0) is 133 Å². The van der Waals surface area contributed by atoms with Crippen LogP contribution in [-0.4, -0.2) is 52.4 Å². The number of hydrogen-bond acceptors (Lipinski definition) is 26. The van der Waals surface area contributed by atoms with Gasteiger partial charge in [-0.15, -0.1) is 0 Å². The molecule has 0 radical (unpaired) electrons. The van der Waals surface area contributed by atoms with Crippen LogP contribution in [0.15, 0.2) is 49.6 Å². The predicted octanol–water partition coefficient (Wildman–Crippen LogP) is 7.21. The van der Waals surface area contributed by atoms with Crippen molar-refractivity contribution in [2.24, 2.45) is 0 Å². The minimum atomic E-state index is 0.0273. The van der Waals surface area contributed by atoms with Gasteiger partial charge in [0, 0.05) is 75.8 Å². The summed E-state index contributed by atoms with van der Waals surface area (Å²) in [6.07, 6.45) is 4.61. The van der Waals surface area contributed by atoms with Gasteiger partial charge < -0.3 is 91.7 Å². The van der Waals surface area contributed by atoms with Gasteiger partial charge in [-0.3, -0.25) is 9.59 Å². The molecule has 0 saturated heterocycles. The zero-order valence-electron chi connectivity index (χ0n) is 47.8. The van der Waals surface area contributed by atoms with Crippen molar-refractivity contribution in [1.82, 2.24) is 39.9 Å². The highest BCUT2D eigenvalue weighted by atomic mass is 16.1. The smallest absolute Gasteiger partial charge is 0.154 e. The molecule has 0 fully saturated rings. The van der Waals surface area contributed by atoms with Gasteiger partial charge >= 0.3 is 0 Å². The maximum atomic E-state index is 11.5. The molecule has 0 aliphatic heterocycles. The molecule has 0 aliphatic rings. The summed E-state index contributed by atoms with van der Waals surface area (Å²) in [6.45, 7) is 19.1. The third-order valence-electron chi connectivity index (χ3n) is 15.4. The van der Waals surface area contributed by atoms with Crippen LogP contribution in [0.2, 0.25) is 0 Å². The van der Waals surface area contributed by atoms with Crippen molar-refractivity contribution in [3.8, 4) is 0 Å². The molecule has 0 bridgehead atoms. The summed E-state index contributed by atoms with van der Waals surface area (Å²) in [5.41, 5.74) is 102. The molecule has 12 rings (SSSR count). The molecule has 26 nitrogen and oxygen atoms in total. The number of benzene rings is 4. The first-order chi connectivity index (χ1) is 40.6. The van der Waals surface area contributed by atoms with Crippen LogP contribution in [0, 0.1) is 41.5 Å². The number of aldehydes is 2. The number of anilines is 16. The number of aryl methyl sites for hydroxylation is 6. The second-order valence-corrected chi connectivity index (χ2v) is 20.4. The normalized spacial score (nSPS) is 11.1. The first kappa shape index (κ1) is 58.4. The van der Waals surface area contributed by atoms with E-state index in [4.69, 9.17) is 91.7 Å². The van der Waals surface area contributed by atoms with Gasteiger partial charge in [0.2, 0.25) is 0 Å². The van der Waals surface area contributed by atoms with Crippen molar-refractivity contribution >= 4 is 204 Å². The fourth-order valence-corrected chi connectivity index (χ4v) is 11.7. The van der Waals surface area contributed by atoms with Gasteiger partial charge in [0.25, 0.3) is 0 Å². The van der Waals surface area contributed by atoms with E-state index in [1.807, 2.05) is 52.0 Å². The fourth-order valence-electron chi connectivity index (χ4n) is 11.7. The number of nitrogens with two attached hydrogens (primary N) is 16.